The zero-order chi connectivity index (χ0) is 14.9. The van der Waals surface area contributed by atoms with E-state index < -0.39 is 0 Å². The molecule has 1 atom stereocenters. The van der Waals surface area contributed by atoms with Gasteiger partial charge in [0.05, 0.1) is 11.4 Å². The van der Waals surface area contributed by atoms with Gasteiger partial charge in [-0.05, 0) is 20.8 Å². The van der Waals surface area contributed by atoms with Crippen LogP contribution in [0.4, 0.5) is 0 Å². The Labute approximate surface area is 124 Å². The van der Waals surface area contributed by atoms with Gasteiger partial charge in [-0.15, -0.1) is 11.3 Å². The molecule has 0 aliphatic heterocycles. The van der Waals surface area contributed by atoms with Gasteiger partial charge in [0.25, 0.3) is 0 Å². The van der Waals surface area contributed by atoms with Gasteiger partial charge in [0.1, 0.15) is 10.8 Å². The minimum absolute atomic E-state index is 0.113. The van der Waals surface area contributed by atoms with E-state index in [4.69, 9.17) is 9.51 Å². The van der Waals surface area contributed by atoms with Gasteiger partial charge in [0, 0.05) is 28.9 Å². The highest BCUT2D eigenvalue weighted by Gasteiger charge is 2.19. The normalized spacial score (nSPS) is 13.7. The average molecular weight is 293 g/mol. The second kappa shape index (κ2) is 5.66. The predicted molar refractivity (Wildman–Crippen MR) is 82.0 cm³/mol. The number of aromatic nitrogens is 2. The van der Waals surface area contributed by atoms with Gasteiger partial charge >= 0.3 is 0 Å². The Morgan fingerprint density at radius 1 is 1.35 bits per heavy atom. The average Bonchev–Trinajstić information content (AvgIpc) is 2.93. The largest absolute Gasteiger partial charge is 0.361 e. The first kappa shape index (κ1) is 15.2. The van der Waals surface area contributed by atoms with Crippen LogP contribution in [-0.4, -0.2) is 10.1 Å². The standard InChI is InChI=1S/C15H23N3OS/c1-9(14-10(2)18-19-11(14)3)16-7-13-17-12(8-20-13)15(4,5)6/h8-9,16H,7H2,1-6H3. The van der Waals surface area contributed by atoms with Crippen LogP contribution in [0.5, 0.6) is 0 Å². The van der Waals surface area contributed by atoms with Crippen LogP contribution in [-0.2, 0) is 12.0 Å². The minimum atomic E-state index is 0.113. The molecule has 0 fully saturated rings. The third-order valence-corrected chi connectivity index (χ3v) is 4.25. The zero-order valence-corrected chi connectivity index (χ0v) is 13.9. The fourth-order valence-corrected chi connectivity index (χ4v) is 3.16. The maximum Gasteiger partial charge on any atom is 0.138 e. The van der Waals surface area contributed by atoms with Gasteiger partial charge in [-0.3, -0.25) is 0 Å². The Morgan fingerprint density at radius 3 is 2.55 bits per heavy atom. The van der Waals surface area contributed by atoms with Crippen molar-refractivity contribution in [1.29, 1.82) is 0 Å². The smallest absolute Gasteiger partial charge is 0.138 e. The van der Waals surface area contributed by atoms with E-state index in [1.54, 1.807) is 11.3 Å². The monoisotopic (exact) mass is 293 g/mol. The van der Waals surface area contributed by atoms with Crippen LogP contribution in [0.1, 0.15) is 61.5 Å². The van der Waals surface area contributed by atoms with Gasteiger partial charge in [-0.1, -0.05) is 25.9 Å². The van der Waals surface area contributed by atoms with Gasteiger partial charge in [-0.2, -0.15) is 0 Å². The molecule has 0 saturated carbocycles. The lowest BCUT2D eigenvalue weighted by Gasteiger charge is -2.15. The van der Waals surface area contributed by atoms with E-state index in [2.05, 4.69) is 43.5 Å². The van der Waals surface area contributed by atoms with Crippen molar-refractivity contribution < 1.29 is 4.52 Å². The molecular formula is C15H23N3OS. The summed E-state index contributed by atoms with van der Waals surface area (Å²) in [4.78, 5) is 4.70. The highest BCUT2D eigenvalue weighted by molar-refractivity contribution is 7.09. The van der Waals surface area contributed by atoms with Crippen LogP contribution >= 0.6 is 11.3 Å². The number of hydrogen-bond donors (Lipinski definition) is 1. The van der Waals surface area contributed by atoms with Crippen molar-refractivity contribution >= 4 is 11.3 Å². The molecule has 1 N–H and O–H groups in total. The molecule has 2 aromatic heterocycles. The second-order valence-electron chi connectivity index (χ2n) is 6.22. The SMILES string of the molecule is Cc1noc(C)c1C(C)NCc1nc(C(C)(C)C)cs1. The molecule has 5 heteroatoms. The van der Waals surface area contributed by atoms with E-state index in [0.29, 0.717) is 0 Å². The first-order chi connectivity index (χ1) is 9.29. The van der Waals surface area contributed by atoms with Crippen molar-refractivity contribution in [1.82, 2.24) is 15.5 Å². The van der Waals surface area contributed by atoms with E-state index in [-0.39, 0.29) is 11.5 Å². The Bertz CT molecular complexity index is 561. The Balaban J connectivity index is 2.01. The third-order valence-electron chi connectivity index (χ3n) is 3.40. The number of aryl methyl sites for hydroxylation is 2. The summed E-state index contributed by atoms with van der Waals surface area (Å²) in [5, 5.41) is 10.8. The van der Waals surface area contributed by atoms with Crippen LogP contribution in [0.2, 0.25) is 0 Å². The first-order valence-corrected chi connectivity index (χ1v) is 7.78. The molecule has 0 aliphatic rings. The summed E-state index contributed by atoms with van der Waals surface area (Å²) in [5.74, 6) is 0.886. The third kappa shape index (κ3) is 3.27. The van der Waals surface area contributed by atoms with Gasteiger partial charge in [0.15, 0.2) is 0 Å². The molecule has 2 rings (SSSR count). The Morgan fingerprint density at radius 2 is 2.05 bits per heavy atom. The molecule has 0 radical (unpaired) electrons. The number of thiazole rings is 1. The minimum Gasteiger partial charge on any atom is -0.361 e. The molecule has 0 aliphatic carbocycles. The molecule has 1 unspecified atom stereocenters. The van der Waals surface area contributed by atoms with E-state index in [1.165, 1.54) is 0 Å². The lowest BCUT2D eigenvalue weighted by molar-refractivity contribution is 0.390. The topological polar surface area (TPSA) is 51.0 Å². The quantitative estimate of drug-likeness (QED) is 0.929. The molecule has 0 aromatic carbocycles. The molecule has 20 heavy (non-hydrogen) atoms. The van der Waals surface area contributed by atoms with Crippen molar-refractivity contribution in [2.75, 3.05) is 0 Å². The lowest BCUT2D eigenvalue weighted by atomic mass is 9.93. The van der Waals surface area contributed by atoms with E-state index in [9.17, 15) is 0 Å². The molecule has 2 aromatic rings. The summed E-state index contributed by atoms with van der Waals surface area (Å²) < 4.78 is 5.21. The number of nitrogens with one attached hydrogen (secondary N) is 1. The predicted octanol–water partition coefficient (Wildman–Crippen LogP) is 3.90. The van der Waals surface area contributed by atoms with Crippen molar-refractivity contribution in [2.45, 2.75) is 59.5 Å². The highest BCUT2D eigenvalue weighted by atomic mass is 32.1. The second-order valence-corrected chi connectivity index (χ2v) is 7.16. The van der Waals surface area contributed by atoms with Crippen LogP contribution < -0.4 is 5.32 Å². The van der Waals surface area contributed by atoms with Gasteiger partial charge in [0.2, 0.25) is 0 Å². The molecule has 0 bridgehead atoms. The summed E-state index contributed by atoms with van der Waals surface area (Å²) in [7, 11) is 0. The molecule has 4 nitrogen and oxygen atoms in total. The summed E-state index contributed by atoms with van der Waals surface area (Å²) in [5.41, 5.74) is 3.38. The molecular weight excluding hydrogens is 270 g/mol. The fraction of sp³-hybridized carbons (Fsp3) is 0.600. The van der Waals surface area contributed by atoms with Crippen molar-refractivity contribution in [3.8, 4) is 0 Å². The van der Waals surface area contributed by atoms with Crippen molar-refractivity contribution in [3.63, 3.8) is 0 Å². The molecule has 0 amide bonds. The number of hydrogen-bond acceptors (Lipinski definition) is 5. The van der Waals surface area contributed by atoms with Gasteiger partial charge in [-0.25, -0.2) is 4.98 Å². The molecule has 2 heterocycles. The van der Waals surface area contributed by atoms with Crippen LogP contribution in [0, 0.1) is 13.8 Å². The fourth-order valence-electron chi connectivity index (χ4n) is 2.19. The van der Waals surface area contributed by atoms with Crippen molar-refractivity contribution in [2.24, 2.45) is 0 Å². The highest BCUT2D eigenvalue weighted by Crippen LogP contribution is 2.25. The molecule has 0 spiro atoms. The Hall–Kier alpha value is -1.20. The Kier molecular flexibility index (Phi) is 4.30. The van der Waals surface area contributed by atoms with Crippen LogP contribution in [0.15, 0.2) is 9.90 Å². The maximum atomic E-state index is 5.21. The summed E-state index contributed by atoms with van der Waals surface area (Å²) in [6.07, 6.45) is 0. The van der Waals surface area contributed by atoms with E-state index in [1.807, 2.05) is 13.8 Å². The van der Waals surface area contributed by atoms with E-state index in [0.717, 1.165) is 34.3 Å². The molecule has 0 saturated heterocycles. The first-order valence-electron chi connectivity index (χ1n) is 6.90. The summed E-state index contributed by atoms with van der Waals surface area (Å²) in [6.45, 7) is 13.4. The van der Waals surface area contributed by atoms with Crippen LogP contribution in [0.3, 0.4) is 0 Å². The van der Waals surface area contributed by atoms with Gasteiger partial charge < -0.3 is 9.84 Å². The summed E-state index contributed by atoms with van der Waals surface area (Å²) in [6, 6.07) is 0.211. The van der Waals surface area contributed by atoms with E-state index >= 15 is 0 Å². The number of rotatable bonds is 4. The summed E-state index contributed by atoms with van der Waals surface area (Å²) >= 11 is 1.71. The van der Waals surface area contributed by atoms with Crippen molar-refractivity contribution in [3.05, 3.63) is 33.1 Å². The zero-order valence-electron chi connectivity index (χ0n) is 13.1. The van der Waals surface area contributed by atoms with Crippen LogP contribution in [0.25, 0.3) is 0 Å². The number of nitrogens with zero attached hydrogens (tertiary/aromatic N) is 2. The lowest BCUT2D eigenvalue weighted by Crippen LogP contribution is -2.19. The maximum absolute atomic E-state index is 5.21. The molecule has 110 valence electrons.